The van der Waals surface area contributed by atoms with E-state index in [4.69, 9.17) is 5.73 Å². The second-order valence-electron chi connectivity index (χ2n) is 3.77. The minimum atomic E-state index is -0.0742. The van der Waals surface area contributed by atoms with Crippen LogP contribution < -0.4 is 11.1 Å². The molecule has 0 aromatic carbocycles. The number of nitrogen functional groups attached to an aromatic ring is 1. The number of nitrogens with one attached hydrogen (secondary N) is 1. The molecule has 1 atom stereocenters. The molecule has 0 aliphatic carbocycles. The van der Waals surface area contributed by atoms with Crippen molar-refractivity contribution in [2.24, 2.45) is 0 Å². The zero-order valence-corrected chi connectivity index (χ0v) is 9.96. The van der Waals surface area contributed by atoms with Crippen LogP contribution in [-0.4, -0.2) is 39.5 Å². The summed E-state index contributed by atoms with van der Waals surface area (Å²) in [4.78, 5) is 13.7. The summed E-state index contributed by atoms with van der Waals surface area (Å²) in [6.45, 7) is 4.13. The van der Waals surface area contributed by atoms with Crippen molar-refractivity contribution in [1.82, 2.24) is 19.8 Å². The molecule has 1 aromatic rings. The van der Waals surface area contributed by atoms with E-state index in [0.29, 0.717) is 18.1 Å². The molecule has 1 amide bonds. The standard InChI is InChI=1S/C9H15N5OS/c1-2-7-9(15)11-3-4-14(7)5-6-8(10)16-13-12-6/h7H,2-5,10H2,1H3,(H,11,15). The monoisotopic (exact) mass is 241 g/mol. The Hall–Kier alpha value is -1.21. The van der Waals surface area contributed by atoms with Gasteiger partial charge >= 0.3 is 0 Å². The number of carbonyl (C=O) groups excluding carboxylic acids is 1. The lowest BCUT2D eigenvalue weighted by molar-refractivity contribution is -0.129. The van der Waals surface area contributed by atoms with E-state index < -0.39 is 0 Å². The lowest BCUT2D eigenvalue weighted by Gasteiger charge is -2.33. The quantitative estimate of drug-likeness (QED) is 0.767. The molecule has 1 fully saturated rings. The summed E-state index contributed by atoms with van der Waals surface area (Å²) >= 11 is 1.19. The summed E-state index contributed by atoms with van der Waals surface area (Å²) in [5.41, 5.74) is 6.52. The Morgan fingerprint density at radius 1 is 1.69 bits per heavy atom. The molecule has 0 radical (unpaired) electrons. The van der Waals surface area contributed by atoms with Crippen LogP contribution in [0.15, 0.2) is 0 Å². The Bertz CT molecular complexity index is 380. The van der Waals surface area contributed by atoms with Crippen LogP contribution in [-0.2, 0) is 11.3 Å². The second kappa shape index (κ2) is 4.75. The highest BCUT2D eigenvalue weighted by atomic mass is 32.1. The van der Waals surface area contributed by atoms with Crippen LogP contribution in [0.2, 0.25) is 0 Å². The van der Waals surface area contributed by atoms with Gasteiger partial charge in [0.25, 0.3) is 0 Å². The molecule has 3 N–H and O–H groups in total. The molecule has 1 unspecified atom stereocenters. The summed E-state index contributed by atoms with van der Waals surface area (Å²) in [7, 11) is 0. The third-order valence-electron chi connectivity index (χ3n) is 2.77. The van der Waals surface area contributed by atoms with Crippen molar-refractivity contribution in [3.8, 4) is 0 Å². The predicted octanol–water partition coefficient (Wildman–Crippen LogP) is -0.169. The maximum atomic E-state index is 11.6. The number of aromatic nitrogens is 2. The van der Waals surface area contributed by atoms with Crippen molar-refractivity contribution >= 4 is 22.4 Å². The summed E-state index contributed by atoms with van der Waals surface area (Å²) < 4.78 is 3.80. The third kappa shape index (κ3) is 2.14. The van der Waals surface area contributed by atoms with Crippen LogP contribution in [0.1, 0.15) is 19.0 Å². The Morgan fingerprint density at radius 3 is 3.12 bits per heavy atom. The first-order chi connectivity index (χ1) is 7.72. The van der Waals surface area contributed by atoms with Gasteiger partial charge in [0, 0.05) is 31.2 Å². The fraction of sp³-hybridized carbons (Fsp3) is 0.667. The van der Waals surface area contributed by atoms with Gasteiger partial charge in [0.05, 0.1) is 6.04 Å². The number of hydrogen-bond acceptors (Lipinski definition) is 6. The van der Waals surface area contributed by atoms with Crippen LogP contribution in [0.25, 0.3) is 0 Å². The third-order valence-corrected chi connectivity index (χ3v) is 3.36. The number of carbonyl (C=O) groups is 1. The van der Waals surface area contributed by atoms with Crippen molar-refractivity contribution in [2.75, 3.05) is 18.8 Å². The van der Waals surface area contributed by atoms with Crippen LogP contribution >= 0.6 is 11.5 Å². The molecule has 1 aromatic heterocycles. The van der Waals surface area contributed by atoms with Gasteiger partial charge in [-0.3, -0.25) is 9.69 Å². The van der Waals surface area contributed by atoms with E-state index in [1.807, 2.05) is 6.92 Å². The Kier molecular flexibility index (Phi) is 3.35. The molecular formula is C9H15N5OS. The van der Waals surface area contributed by atoms with E-state index in [-0.39, 0.29) is 11.9 Å². The molecule has 1 aliphatic heterocycles. The summed E-state index contributed by atoms with van der Waals surface area (Å²) in [5.74, 6) is 0.0931. The number of anilines is 1. The van der Waals surface area contributed by atoms with Crippen molar-refractivity contribution in [1.29, 1.82) is 0 Å². The fourth-order valence-corrected chi connectivity index (χ4v) is 2.35. The molecule has 16 heavy (non-hydrogen) atoms. The normalized spacial score (nSPS) is 22.1. The van der Waals surface area contributed by atoms with E-state index in [2.05, 4.69) is 19.8 Å². The molecule has 2 rings (SSSR count). The highest BCUT2D eigenvalue weighted by Crippen LogP contribution is 2.18. The minimum Gasteiger partial charge on any atom is -0.388 e. The molecule has 6 nitrogen and oxygen atoms in total. The van der Waals surface area contributed by atoms with Crippen molar-refractivity contribution in [3.63, 3.8) is 0 Å². The number of amides is 1. The van der Waals surface area contributed by atoms with Gasteiger partial charge in [0.2, 0.25) is 5.91 Å². The predicted molar refractivity (Wildman–Crippen MR) is 61.8 cm³/mol. The SMILES string of the molecule is CCC1C(=O)NCCN1Cc1nnsc1N. The van der Waals surface area contributed by atoms with Crippen LogP contribution in [0.3, 0.4) is 0 Å². The zero-order valence-electron chi connectivity index (χ0n) is 9.14. The molecule has 2 heterocycles. The van der Waals surface area contributed by atoms with Crippen molar-refractivity contribution < 1.29 is 4.79 Å². The average Bonchev–Trinajstić information content (AvgIpc) is 2.65. The highest BCUT2D eigenvalue weighted by Gasteiger charge is 2.28. The molecule has 1 saturated heterocycles. The number of piperazine rings is 1. The minimum absolute atomic E-state index is 0.0742. The first-order valence-corrected chi connectivity index (χ1v) is 6.08. The lowest BCUT2D eigenvalue weighted by atomic mass is 10.1. The summed E-state index contributed by atoms with van der Waals surface area (Å²) in [6.07, 6.45) is 0.795. The van der Waals surface area contributed by atoms with Gasteiger partial charge in [0.15, 0.2) is 0 Å². The first-order valence-electron chi connectivity index (χ1n) is 5.30. The molecule has 7 heteroatoms. The number of nitrogens with two attached hydrogens (primary N) is 1. The van der Waals surface area contributed by atoms with Crippen LogP contribution in [0, 0.1) is 0 Å². The maximum Gasteiger partial charge on any atom is 0.237 e. The average molecular weight is 241 g/mol. The van der Waals surface area contributed by atoms with E-state index in [9.17, 15) is 4.79 Å². The van der Waals surface area contributed by atoms with E-state index in [1.54, 1.807) is 0 Å². The van der Waals surface area contributed by atoms with Gasteiger partial charge in [-0.25, -0.2) is 0 Å². The number of rotatable bonds is 3. The van der Waals surface area contributed by atoms with Gasteiger partial charge < -0.3 is 11.1 Å². The van der Waals surface area contributed by atoms with Gasteiger partial charge in [-0.1, -0.05) is 11.4 Å². The molecule has 0 spiro atoms. The molecule has 1 aliphatic rings. The lowest BCUT2D eigenvalue weighted by Crippen LogP contribution is -2.54. The van der Waals surface area contributed by atoms with Gasteiger partial charge in [-0.05, 0) is 6.42 Å². The highest BCUT2D eigenvalue weighted by molar-refractivity contribution is 7.09. The van der Waals surface area contributed by atoms with Gasteiger partial charge in [-0.2, -0.15) is 0 Å². The largest absolute Gasteiger partial charge is 0.388 e. The number of hydrogen-bond donors (Lipinski definition) is 2. The Balaban J connectivity index is 2.08. The van der Waals surface area contributed by atoms with Gasteiger partial charge in [-0.15, -0.1) is 5.10 Å². The number of nitrogens with zero attached hydrogens (tertiary/aromatic N) is 3. The van der Waals surface area contributed by atoms with E-state index in [1.165, 1.54) is 11.5 Å². The molecular weight excluding hydrogens is 226 g/mol. The van der Waals surface area contributed by atoms with Crippen LogP contribution in [0.5, 0.6) is 0 Å². The van der Waals surface area contributed by atoms with Crippen molar-refractivity contribution in [3.05, 3.63) is 5.69 Å². The first kappa shape index (κ1) is 11.3. The Labute approximate surface area is 98.0 Å². The Morgan fingerprint density at radius 2 is 2.50 bits per heavy atom. The topological polar surface area (TPSA) is 84.1 Å². The zero-order chi connectivity index (χ0) is 11.5. The second-order valence-corrected chi connectivity index (χ2v) is 4.56. The van der Waals surface area contributed by atoms with Crippen LogP contribution in [0.4, 0.5) is 5.00 Å². The summed E-state index contributed by atoms with van der Waals surface area (Å²) in [6, 6.07) is -0.0742. The van der Waals surface area contributed by atoms with Gasteiger partial charge in [0.1, 0.15) is 10.7 Å². The van der Waals surface area contributed by atoms with Crippen molar-refractivity contribution in [2.45, 2.75) is 25.9 Å². The molecule has 88 valence electrons. The fourth-order valence-electron chi connectivity index (χ4n) is 1.91. The molecule has 0 saturated carbocycles. The summed E-state index contributed by atoms with van der Waals surface area (Å²) in [5, 5.41) is 7.48. The van der Waals surface area contributed by atoms with E-state index in [0.717, 1.165) is 18.7 Å². The maximum absolute atomic E-state index is 11.6. The molecule has 0 bridgehead atoms. The smallest absolute Gasteiger partial charge is 0.237 e. The van der Waals surface area contributed by atoms with E-state index >= 15 is 0 Å².